The summed E-state index contributed by atoms with van der Waals surface area (Å²) in [7, 11) is 3.35. The number of rotatable bonds is 3. The lowest BCUT2D eigenvalue weighted by Gasteiger charge is -2.17. The first kappa shape index (κ1) is 15.2. The van der Waals surface area contributed by atoms with E-state index < -0.39 is 0 Å². The molecule has 0 atom stereocenters. The molecule has 0 aliphatic carbocycles. The van der Waals surface area contributed by atoms with Crippen LogP contribution in [0.15, 0.2) is 24.3 Å². The van der Waals surface area contributed by atoms with E-state index in [1.807, 2.05) is 20.8 Å². The van der Waals surface area contributed by atoms with Crippen molar-refractivity contribution >= 4 is 17.5 Å². The number of hydrogen-bond donors (Lipinski definition) is 1. The first-order valence-corrected chi connectivity index (χ1v) is 6.30. The van der Waals surface area contributed by atoms with Gasteiger partial charge in [-0.1, -0.05) is 20.8 Å². The molecule has 0 fully saturated rings. The standard InChI is InChI=1S/C15H22N2O2/c1-15(2,3)10-13(18)11-6-8-12(9-7-11)16-14(19)17(4)5/h6-9H,10H2,1-5H3,(H,16,19). The largest absolute Gasteiger partial charge is 0.331 e. The maximum absolute atomic E-state index is 12.0. The number of benzene rings is 1. The Morgan fingerprint density at radius 1 is 1.11 bits per heavy atom. The molecule has 4 nitrogen and oxygen atoms in total. The molecule has 1 rings (SSSR count). The molecule has 2 amide bonds. The van der Waals surface area contributed by atoms with Gasteiger partial charge in [0.15, 0.2) is 5.78 Å². The molecule has 0 aliphatic rings. The number of ketones is 1. The Morgan fingerprint density at radius 2 is 1.63 bits per heavy atom. The van der Waals surface area contributed by atoms with E-state index in [-0.39, 0.29) is 17.2 Å². The Hall–Kier alpha value is -1.84. The Balaban J connectivity index is 2.71. The van der Waals surface area contributed by atoms with E-state index in [0.29, 0.717) is 17.7 Å². The minimum Gasteiger partial charge on any atom is -0.331 e. The molecule has 0 unspecified atom stereocenters. The summed E-state index contributed by atoms with van der Waals surface area (Å²) in [6.07, 6.45) is 0.510. The van der Waals surface area contributed by atoms with Gasteiger partial charge in [-0.05, 0) is 29.7 Å². The second-order valence-electron chi connectivity index (χ2n) is 6.06. The SMILES string of the molecule is CN(C)C(=O)Nc1ccc(C(=O)CC(C)(C)C)cc1. The maximum atomic E-state index is 12.0. The van der Waals surface area contributed by atoms with Crippen LogP contribution in [0.1, 0.15) is 37.6 Å². The summed E-state index contributed by atoms with van der Waals surface area (Å²) in [5.41, 5.74) is 1.35. The van der Waals surface area contributed by atoms with E-state index in [0.717, 1.165) is 0 Å². The molecular weight excluding hydrogens is 240 g/mol. The van der Waals surface area contributed by atoms with E-state index >= 15 is 0 Å². The number of nitrogens with zero attached hydrogens (tertiary/aromatic N) is 1. The predicted molar refractivity (Wildman–Crippen MR) is 77.6 cm³/mol. The fourth-order valence-corrected chi connectivity index (χ4v) is 1.56. The third kappa shape index (κ3) is 5.12. The van der Waals surface area contributed by atoms with Crippen molar-refractivity contribution in [1.82, 2.24) is 4.90 Å². The summed E-state index contributed by atoms with van der Waals surface area (Å²) in [5.74, 6) is 0.123. The van der Waals surface area contributed by atoms with Crippen LogP contribution in [0.5, 0.6) is 0 Å². The zero-order chi connectivity index (χ0) is 14.6. The van der Waals surface area contributed by atoms with E-state index in [4.69, 9.17) is 0 Å². The van der Waals surface area contributed by atoms with Gasteiger partial charge in [0.2, 0.25) is 0 Å². The van der Waals surface area contributed by atoms with E-state index in [2.05, 4.69) is 5.32 Å². The molecule has 104 valence electrons. The van der Waals surface area contributed by atoms with Gasteiger partial charge in [-0.3, -0.25) is 4.79 Å². The minimum atomic E-state index is -0.186. The molecule has 0 aromatic heterocycles. The van der Waals surface area contributed by atoms with Gasteiger partial charge in [0.25, 0.3) is 0 Å². The van der Waals surface area contributed by atoms with Crippen molar-refractivity contribution in [3.63, 3.8) is 0 Å². The van der Waals surface area contributed by atoms with E-state index in [1.54, 1.807) is 38.4 Å². The fraction of sp³-hybridized carbons (Fsp3) is 0.467. The average Bonchev–Trinajstić information content (AvgIpc) is 2.27. The minimum absolute atomic E-state index is 0.0190. The third-order valence-electron chi connectivity index (χ3n) is 2.56. The lowest BCUT2D eigenvalue weighted by Crippen LogP contribution is -2.27. The van der Waals surface area contributed by atoms with Crippen LogP contribution < -0.4 is 5.32 Å². The molecule has 1 aromatic carbocycles. The monoisotopic (exact) mass is 262 g/mol. The average molecular weight is 262 g/mol. The molecule has 0 radical (unpaired) electrons. The highest BCUT2D eigenvalue weighted by Gasteiger charge is 2.17. The van der Waals surface area contributed by atoms with E-state index in [9.17, 15) is 9.59 Å². The van der Waals surface area contributed by atoms with Crippen molar-refractivity contribution in [3.05, 3.63) is 29.8 Å². The van der Waals surface area contributed by atoms with Crippen molar-refractivity contribution in [1.29, 1.82) is 0 Å². The Morgan fingerprint density at radius 3 is 2.05 bits per heavy atom. The molecule has 1 N–H and O–H groups in total. The summed E-state index contributed by atoms with van der Waals surface area (Å²) in [5, 5.41) is 2.73. The third-order valence-corrected chi connectivity index (χ3v) is 2.56. The van der Waals surface area contributed by atoms with Crippen molar-refractivity contribution in [2.24, 2.45) is 5.41 Å². The quantitative estimate of drug-likeness (QED) is 0.849. The van der Waals surface area contributed by atoms with Crippen molar-refractivity contribution in [2.75, 3.05) is 19.4 Å². The number of urea groups is 1. The number of nitrogens with one attached hydrogen (secondary N) is 1. The number of hydrogen-bond acceptors (Lipinski definition) is 2. The van der Waals surface area contributed by atoms with Crippen LogP contribution >= 0.6 is 0 Å². The molecule has 4 heteroatoms. The summed E-state index contributed by atoms with van der Waals surface area (Å²) < 4.78 is 0. The maximum Gasteiger partial charge on any atom is 0.321 e. The summed E-state index contributed by atoms with van der Waals surface area (Å²) in [6.45, 7) is 6.11. The van der Waals surface area contributed by atoms with E-state index in [1.165, 1.54) is 4.90 Å². The summed E-state index contributed by atoms with van der Waals surface area (Å²) in [4.78, 5) is 24.9. The number of anilines is 1. The molecule has 0 aliphatic heterocycles. The van der Waals surface area contributed by atoms with Crippen molar-refractivity contribution in [2.45, 2.75) is 27.2 Å². The van der Waals surface area contributed by atoms with Gasteiger partial charge in [-0.2, -0.15) is 0 Å². The smallest absolute Gasteiger partial charge is 0.321 e. The highest BCUT2D eigenvalue weighted by molar-refractivity contribution is 5.97. The van der Waals surface area contributed by atoms with Gasteiger partial charge in [0.05, 0.1) is 0 Å². The number of amides is 2. The highest BCUT2D eigenvalue weighted by Crippen LogP contribution is 2.22. The summed E-state index contributed by atoms with van der Waals surface area (Å²) >= 11 is 0. The second kappa shape index (κ2) is 5.87. The van der Waals surface area contributed by atoms with Gasteiger partial charge >= 0.3 is 6.03 Å². The fourth-order valence-electron chi connectivity index (χ4n) is 1.56. The zero-order valence-electron chi connectivity index (χ0n) is 12.3. The van der Waals surface area contributed by atoms with Crippen LogP contribution in [0.3, 0.4) is 0 Å². The molecule has 0 spiro atoms. The van der Waals surface area contributed by atoms with Gasteiger partial charge in [0, 0.05) is 31.8 Å². The van der Waals surface area contributed by atoms with Crippen LogP contribution in [0.25, 0.3) is 0 Å². The molecule has 1 aromatic rings. The number of carbonyl (C=O) groups is 2. The zero-order valence-corrected chi connectivity index (χ0v) is 12.3. The topological polar surface area (TPSA) is 49.4 Å². The van der Waals surface area contributed by atoms with Crippen LogP contribution in [0, 0.1) is 5.41 Å². The molecule has 19 heavy (non-hydrogen) atoms. The van der Waals surface area contributed by atoms with Gasteiger partial charge < -0.3 is 10.2 Å². The second-order valence-corrected chi connectivity index (χ2v) is 6.06. The molecular formula is C15H22N2O2. The molecule has 0 heterocycles. The van der Waals surface area contributed by atoms with Crippen molar-refractivity contribution in [3.8, 4) is 0 Å². The Bertz CT molecular complexity index is 456. The van der Waals surface area contributed by atoms with Crippen molar-refractivity contribution < 1.29 is 9.59 Å². The number of carbonyl (C=O) groups excluding carboxylic acids is 2. The lowest BCUT2D eigenvalue weighted by atomic mass is 9.88. The summed E-state index contributed by atoms with van der Waals surface area (Å²) in [6, 6.07) is 6.81. The predicted octanol–water partition coefficient (Wildman–Crippen LogP) is 3.40. The first-order valence-electron chi connectivity index (χ1n) is 6.30. The molecule has 0 bridgehead atoms. The number of Topliss-reactive ketones (excluding diaryl/α,β-unsaturated/α-hetero) is 1. The Labute approximate surface area is 114 Å². The van der Waals surface area contributed by atoms with Crippen LogP contribution in [-0.2, 0) is 0 Å². The highest BCUT2D eigenvalue weighted by atomic mass is 16.2. The first-order chi connectivity index (χ1) is 8.69. The van der Waals surface area contributed by atoms with Crippen LogP contribution in [0.2, 0.25) is 0 Å². The van der Waals surface area contributed by atoms with Crippen LogP contribution in [0.4, 0.5) is 10.5 Å². The normalized spacial score (nSPS) is 11.0. The van der Waals surface area contributed by atoms with Crippen LogP contribution in [-0.4, -0.2) is 30.8 Å². The molecule has 0 saturated carbocycles. The van der Waals surface area contributed by atoms with Gasteiger partial charge in [0.1, 0.15) is 0 Å². The molecule has 0 saturated heterocycles. The lowest BCUT2D eigenvalue weighted by molar-refractivity contribution is 0.0940. The van der Waals surface area contributed by atoms with Gasteiger partial charge in [-0.15, -0.1) is 0 Å². The Kier molecular flexibility index (Phi) is 4.70. The van der Waals surface area contributed by atoms with Gasteiger partial charge in [-0.25, -0.2) is 4.79 Å².